The molecule has 0 amide bonds. The molecule has 3 heterocycles. The number of aryl methyl sites for hydroxylation is 2. The first kappa shape index (κ1) is 40.5. The maximum atomic E-state index is 6.65. The van der Waals surface area contributed by atoms with Crippen molar-refractivity contribution in [1.29, 1.82) is 0 Å². The molecule has 1 aliphatic carbocycles. The van der Waals surface area contributed by atoms with Gasteiger partial charge in [-0.05, 0) is 166 Å². The van der Waals surface area contributed by atoms with E-state index in [1.807, 2.05) is 0 Å². The van der Waals surface area contributed by atoms with Crippen molar-refractivity contribution in [3.05, 3.63) is 216 Å². The molecule has 0 fully saturated rings. The molecule has 0 bridgehead atoms. The van der Waals surface area contributed by atoms with Gasteiger partial charge in [0.2, 0.25) is 0 Å². The third kappa shape index (κ3) is 6.08. The summed E-state index contributed by atoms with van der Waals surface area (Å²) < 4.78 is 6.65. The van der Waals surface area contributed by atoms with E-state index >= 15 is 0 Å². The Labute approximate surface area is 399 Å². The Morgan fingerprint density at radius 2 is 1.06 bits per heavy atom. The largest absolute Gasteiger partial charge is 0.456 e. The maximum absolute atomic E-state index is 6.65. The second kappa shape index (κ2) is 14.9. The van der Waals surface area contributed by atoms with Gasteiger partial charge in [0.1, 0.15) is 11.2 Å². The third-order valence-corrected chi connectivity index (χ3v) is 15.1. The van der Waals surface area contributed by atoms with Crippen LogP contribution in [0.5, 0.6) is 0 Å². The SMILES string of the molecule is Cc1cc2c3c(c1)N(c1cccc4oc5ccccc5c14)c1cc(N(c4ccccc4)c4ccccc4)ccc1B3c1cc3c(cc1N2c1ccc(-c2ccccc2)cc1C)C(C)(C)CC3(C)C. The van der Waals surface area contributed by atoms with Crippen molar-refractivity contribution >= 4 is 96.2 Å². The molecule has 0 saturated carbocycles. The molecule has 2 aliphatic heterocycles. The quantitative estimate of drug-likeness (QED) is 0.155. The molecule has 9 aromatic carbocycles. The fraction of sp³-hybridized carbons (Fsp3) is 0.143. The molecule has 68 heavy (non-hydrogen) atoms. The van der Waals surface area contributed by atoms with Gasteiger partial charge in [-0.1, -0.05) is 137 Å². The molecule has 0 radical (unpaired) electrons. The average Bonchev–Trinajstić information content (AvgIpc) is 3.82. The Morgan fingerprint density at radius 1 is 0.456 bits per heavy atom. The molecule has 4 nitrogen and oxygen atoms in total. The summed E-state index contributed by atoms with van der Waals surface area (Å²) in [5, 5.41) is 2.22. The van der Waals surface area contributed by atoms with E-state index in [1.54, 1.807) is 0 Å². The highest BCUT2D eigenvalue weighted by atomic mass is 16.3. The van der Waals surface area contributed by atoms with Crippen molar-refractivity contribution < 1.29 is 4.42 Å². The highest BCUT2D eigenvalue weighted by Gasteiger charge is 2.48. The summed E-state index contributed by atoms with van der Waals surface area (Å²) in [6.07, 6.45) is 1.09. The van der Waals surface area contributed by atoms with Crippen LogP contribution in [0.4, 0.5) is 51.2 Å². The second-order valence-corrected chi connectivity index (χ2v) is 20.6. The van der Waals surface area contributed by atoms with Crippen molar-refractivity contribution in [2.24, 2.45) is 0 Å². The summed E-state index contributed by atoms with van der Waals surface area (Å²) in [6, 6.07) is 71.7. The monoisotopic (exact) mass is 877 g/mol. The van der Waals surface area contributed by atoms with Gasteiger partial charge in [-0.3, -0.25) is 0 Å². The summed E-state index contributed by atoms with van der Waals surface area (Å²) >= 11 is 0. The summed E-state index contributed by atoms with van der Waals surface area (Å²) in [5.74, 6) is 0. The Hall–Kier alpha value is -7.76. The van der Waals surface area contributed by atoms with Crippen LogP contribution in [-0.4, -0.2) is 6.71 Å². The van der Waals surface area contributed by atoms with E-state index < -0.39 is 0 Å². The van der Waals surface area contributed by atoms with E-state index in [0.29, 0.717) is 0 Å². The number of nitrogens with zero attached hydrogens (tertiary/aromatic N) is 3. The smallest absolute Gasteiger partial charge is 0.252 e. The Kier molecular flexibility index (Phi) is 8.86. The number of furan rings is 1. The standard InChI is InChI=1S/C63H52BN3O/c1-40-33-56-61-57(34-40)67(53-26-18-28-59-60(53)47-25-16-17-27-58(47)68-59)54-36-46(65(44-21-12-8-13-22-44)45-23-14-9-15-24-45)30-31-50(54)64(61)51-37-48-49(63(5,6)39-62(48,3)4)38-55(51)66(56)52-32-29-43(35-41(52)2)42-19-10-7-11-20-42/h7-38H,39H2,1-6H3. The topological polar surface area (TPSA) is 22.9 Å². The van der Waals surface area contributed by atoms with Crippen LogP contribution in [0.25, 0.3) is 33.1 Å². The average molecular weight is 878 g/mol. The number of para-hydroxylation sites is 3. The molecule has 1 aromatic heterocycles. The lowest BCUT2D eigenvalue weighted by molar-refractivity contribution is 0.403. The van der Waals surface area contributed by atoms with E-state index in [1.165, 1.54) is 72.5 Å². The fourth-order valence-electron chi connectivity index (χ4n) is 12.5. The summed E-state index contributed by atoms with van der Waals surface area (Å²) in [6.45, 7) is 14.3. The van der Waals surface area contributed by atoms with Crippen LogP contribution in [0.1, 0.15) is 56.4 Å². The fourth-order valence-corrected chi connectivity index (χ4v) is 12.5. The van der Waals surface area contributed by atoms with Crippen LogP contribution in [0.3, 0.4) is 0 Å². The molecule has 3 aliphatic rings. The lowest BCUT2D eigenvalue weighted by atomic mass is 9.33. The number of rotatable bonds is 6. The zero-order chi connectivity index (χ0) is 46.1. The minimum Gasteiger partial charge on any atom is -0.456 e. The van der Waals surface area contributed by atoms with E-state index in [2.05, 4.69) is 250 Å². The van der Waals surface area contributed by atoms with Crippen LogP contribution in [0.15, 0.2) is 199 Å². The molecule has 0 atom stereocenters. The molecule has 0 unspecified atom stereocenters. The predicted octanol–water partition coefficient (Wildman–Crippen LogP) is 15.4. The molecular weight excluding hydrogens is 826 g/mol. The van der Waals surface area contributed by atoms with Crippen molar-refractivity contribution in [3.8, 4) is 11.1 Å². The molecule has 10 aromatic rings. The third-order valence-electron chi connectivity index (χ3n) is 15.1. The zero-order valence-corrected chi connectivity index (χ0v) is 39.5. The minimum absolute atomic E-state index is 0.0135. The molecule has 5 heteroatoms. The number of hydrogen-bond acceptors (Lipinski definition) is 4. The Balaban J connectivity index is 1.13. The first-order valence-electron chi connectivity index (χ1n) is 24.1. The van der Waals surface area contributed by atoms with Crippen molar-refractivity contribution in [3.63, 3.8) is 0 Å². The van der Waals surface area contributed by atoms with Gasteiger partial charge in [0.25, 0.3) is 6.71 Å². The van der Waals surface area contributed by atoms with Crippen molar-refractivity contribution in [2.45, 2.75) is 58.8 Å². The normalized spacial score (nSPS) is 15.0. The number of benzene rings is 9. The lowest BCUT2D eigenvalue weighted by Gasteiger charge is -2.45. The van der Waals surface area contributed by atoms with Crippen LogP contribution >= 0.6 is 0 Å². The number of fused-ring (bicyclic) bond motifs is 8. The molecule has 13 rings (SSSR count). The summed E-state index contributed by atoms with van der Waals surface area (Å²) in [5.41, 5.74) is 24.0. The Bertz CT molecular complexity index is 3610. The first-order valence-corrected chi connectivity index (χ1v) is 24.1. The van der Waals surface area contributed by atoms with Gasteiger partial charge in [0, 0.05) is 50.9 Å². The Morgan fingerprint density at radius 3 is 1.75 bits per heavy atom. The summed E-state index contributed by atoms with van der Waals surface area (Å²) in [7, 11) is 0. The van der Waals surface area contributed by atoms with Gasteiger partial charge in [-0.2, -0.15) is 0 Å². The first-order chi connectivity index (χ1) is 33.0. The van der Waals surface area contributed by atoms with E-state index in [9.17, 15) is 0 Å². The second-order valence-electron chi connectivity index (χ2n) is 20.6. The molecular formula is C63H52BN3O. The molecule has 0 saturated heterocycles. The van der Waals surface area contributed by atoms with Gasteiger partial charge >= 0.3 is 0 Å². The predicted molar refractivity (Wildman–Crippen MR) is 288 cm³/mol. The van der Waals surface area contributed by atoms with E-state index in [-0.39, 0.29) is 17.5 Å². The van der Waals surface area contributed by atoms with Gasteiger partial charge in [0.05, 0.1) is 11.1 Å². The molecule has 0 spiro atoms. The van der Waals surface area contributed by atoms with Crippen LogP contribution in [-0.2, 0) is 10.8 Å². The highest BCUT2D eigenvalue weighted by Crippen LogP contribution is 2.54. The van der Waals surface area contributed by atoms with Crippen LogP contribution in [0.2, 0.25) is 0 Å². The number of anilines is 9. The zero-order valence-electron chi connectivity index (χ0n) is 39.5. The van der Waals surface area contributed by atoms with E-state index in [4.69, 9.17) is 4.42 Å². The van der Waals surface area contributed by atoms with Crippen molar-refractivity contribution in [2.75, 3.05) is 14.7 Å². The van der Waals surface area contributed by atoms with Gasteiger partial charge in [0.15, 0.2) is 0 Å². The van der Waals surface area contributed by atoms with Gasteiger partial charge in [-0.15, -0.1) is 0 Å². The molecule has 328 valence electrons. The molecule has 0 N–H and O–H groups in total. The van der Waals surface area contributed by atoms with Crippen molar-refractivity contribution in [1.82, 2.24) is 0 Å². The maximum Gasteiger partial charge on any atom is 0.252 e. The summed E-state index contributed by atoms with van der Waals surface area (Å²) in [4.78, 5) is 7.56. The van der Waals surface area contributed by atoms with Gasteiger partial charge < -0.3 is 19.1 Å². The minimum atomic E-state index is -0.0388. The van der Waals surface area contributed by atoms with Crippen LogP contribution < -0.4 is 31.1 Å². The highest BCUT2D eigenvalue weighted by molar-refractivity contribution is 7.00. The van der Waals surface area contributed by atoms with Gasteiger partial charge in [-0.25, -0.2) is 0 Å². The van der Waals surface area contributed by atoms with E-state index in [0.717, 1.165) is 56.8 Å². The van der Waals surface area contributed by atoms with Crippen LogP contribution in [0, 0.1) is 13.8 Å². The number of hydrogen-bond donors (Lipinski definition) is 0. The lowest BCUT2D eigenvalue weighted by Crippen LogP contribution is -2.61.